The SMILES string of the molecule is CCC(CC)C(c1ccc(Nc2ccc(-c3nnco3)cc2)cc1)n1cncn1. The molecule has 0 aliphatic carbocycles. The normalized spacial score (nSPS) is 12.2. The van der Waals surface area contributed by atoms with Crippen molar-refractivity contribution < 1.29 is 4.42 Å². The highest BCUT2D eigenvalue weighted by Crippen LogP contribution is 2.31. The van der Waals surface area contributed by atoms with Crippen molar-refractivity contribution in [1.29, 1.82) is 0 Å². The van der Waals surface area contributed by atoms with Crippen LogP contribution in [0.1, 0.15) is 38.3 Å². The van der Waals surface area contributed by atoms with Crippen LogP contribution in [0, 0.1) is 5.92 Å². The maximum atomic E-state index is 5.23. The molecule has 148 valence electrons. The third-order valence-electron chi connectivity index (χ3n) is 5.25. The molecule has 0 spiro atoms. The number of aromatic nitrogens is 5. The van der Waals surface area contributed by atoms with Crippen molar-refractivity contribution in [3.05, 3.63) is 73.1 Å². The Balaban J connectivity index is 1.51. The van der Waals surface area contributed by atoms with Crippen molar-refractivity contribution in [2.75, 3.05) is 5.32 Å². The molecule has 1 unspecified atom stereocenters. The quantitative estimate of drug-likeness (QED) is 0.452. The first-order valence-corrected chi connectivity index (χ1v) is 9.86. The van der Waals surface area contributed by atoms with Crippen LogP contribution in [0.5, 0.6) is 0 Å². The zero-order valence-electron chi connectivity index (χ0n) is 16.6. The van der Waals surface area contributed by atoms with E-state index in [1.165, 1.54) is 12.0 Å². The zero-order chi connectivity index (χ0) is 20.1. The number of benzene rings is 2. The summed E-state index contributed by atoms with van der Waals surface area (Å²) >= 11 is 0. The minimum atomic E-state index is 0.190. The predicted octanol–water partition coefficient (Wildman–Crippen LogP) is 5.10. The molecular weight excluding hydrogens is 364 g/mol. The van der Waals surface area contributed by atoms with Crippen LogP contribution in [0.25, 0.3) is 11.5 Å². The lowest BCUT2D eigenvalue weighted by Gasteiger charge is -2.26. The van der Waals surface area contributed by atoms with Gasteiger partial charge < -0.3 is 9.73 Å². The summed E-state index contributed by atoms with van der Waals surface area (Å²) in [5.74, 6) is 1.02. The van der Waals surface area contributed by atoms with Gasteiger partial charge in [0.25, 0.3) is 0 Å². The second-order valence-electron chi connectivity index (χ2n) is 6.97. The number of hydrogen-bond acceptors (Lipinski definition) is 6. The third kappa shape index (κ3) is 4.18. The molecule has 0 saturated carbocycles. The Labute approximate surface area is 169 Å². The van der Waals surface area contributed by atoms with Gasteiger partial charge in [0.05, 0.1) is 6.04 Å². The van der Waals surface area contributed by atoms with Crippen LogP contribution in [0.3, 0.4) is 0 Å². The molecule has 0 aliphatic rings. The highest BCUT2D eigenvalue weighted by molar-refractivity contribution is 5.64. The van der Waals surface area contributed by atoms with Gasteiger partial charge in [0.2, 0.25) is 12.3 Å². The molecule has 1 N–H and O–H groups in total. The fourth-order valence-corrected chi connectivity index (χ4v) is 3.66. The average Bonchev–Trinajstić information content (AvgIpc) is 3.48. The Morgan fingerprint density at radius 1 is 0.966 bits per heavy atom. The molecule has 4 rings (SSSR count). The van der Waals surface area contributed by atoms with Crippen LogP contribution in [0.2, 0.25) is 0 Å². The lowest BCUT2D eigenvalue weighted by Crippen LogP contribution is -2.20. The molecular formula is C22H24N6O. The van der Waals surface area contributed by atoms with Crippen molar-refractivity contribution >= 4 is 11.4 Å². The molecule has 1 atom stereocenters. The standard InChI is InChI=1S/C22H24N6O/c1-3-16(4-2)21(28-14-23-13-25-28)17-5-9-19(10-6-17)26-20-11-7-18(8-12-20)22-27-24-15-29-22/h5-16,21,26H,3-4H2,1-2H3. The lowest BCUT2D eigenvalue weighted by atomic mass is 9.89. The Hall–Kier alpha value is -3.48. The maximum Gasteiger partial charge on any atom is 0.247 e. The number of hydrogen-bond donors (Lipinski definition) is 1. The van der Waals surface area contributed by atoms with Crippen molar-refractivity contribution in [2.45, 2.75) is 32.7 Å². The fraction of sp³-hybridized carbons (Fsp3) is 0.273. The van der Waals surface area contributed by atoms with E-state index in [9.17, 15) is 0 Å². The van der Waals surface area contributed by atoms with E-state index in [1.54, 1.807) is 12.7 Å². The largest absolute Gasteiger partial charge is 0.423 e. The van der Waals surface area contributed by atoms with Gasteiger partial charge in [0.15, 0.2) is 0 Å². The van der Waals surface area contributed by atoms with Crippen molar-refractivity contribution in [3.8, 4) is 11.5 Å². The molecule has 0 saturated heterocycles. The fourth-order valence-electron chi connectivity index (χ4n) is 3.66. The first kappa shape index (κ1) is 18.9. The van der Waals surface area contributed by atoms with Crippen molar-refractivity contribution in [3.63, 3.8) is 0 Å². The highest BCUT2D eigenvalue weighted by Gasteiger charge is 2.23. The van der Waals surface area contributed by atoms with Gasteiger partial charge in [-0.2, -0.15) is 5.10 Å². The van der Waals surface area contributed by atoms with E-state index < -0.39 is 0 Å². The van der Waals surface area contributed by atoms with Crippen LogP contribution in [0.15, 0.2) is 72.0 Å². The Morgan fingerprint density at radius 3 is 2.21 bits per heavy atom. The summed E-state index contributed by atoms with van der Waals surface area (Å²) in [7, 11) is 0. The minimum Gasteiger partial charge on any atom is -0.423 e. The van der Waals surface area contributed by atoms with Crippen LogP contribution in [-0.4, -0.2) is 25.0 Å². The second kappa shape index (κ2) is 8.68. The molecule has 0 amide bonds. The van der Waals surface area contributed by atoms with E-state index >= 15 is 0 Å². The third-order valence-corrected chi connectivity index (χ3v) is 5.25. The summed E-state index contributed by atoms with van der Waals surface area (Å²) in [6, 6.07) is 16.6. The average molecular weight is 388 g/mol. The van der Waals surface area contributed by atoms with Gasteiger partial charge in [-0.15, -0.1) is 10.2 Å². The molecule has 7 heteroatoms. The second-order valence-corrected chi connectivity index (χ2v) is 6.97. The van der Waals surface area contributed by atoms with Crippen LogP contribution < -0.4 is 5.32 Å². The van der Waals surface area contributed by atoms with Gasteiger partial charge in [-0.05, 0) is 47.9 Å². The zero-order valence-corrected chi connectivity index (χ0v) is 16.6. The monoisotopic (exact) mass is 388 g/mol. The molecule has 2 heterocycles. The van der Waals surface area contributed by atoms with Crippen molar-refractivity contribution in [1.82, 2.24) is 25.0 Å². The number of nitrogens with zero attached hydrogens (tertiary/aromatic N) is 5. The molecule has 2 aromatic carbocycles. The Morgan fingerprint density at radius 2 is 1.66 bits per heavy atom. The molecule has 0 radical (unpaired) electrons. The molecule has 2 aromatic heterocycles. The molecule has 4 aromatic rings. The molecule has 0 aliphatic heterocycles. The summed E-state index contributed by atoms with van der Waals surface area (Å²) < 4.78 is 7.20. The van der Waals surface area contributed by atoms with E-state index in [0.717, 1.165) is 29.8 Å². The molecule has 0 bridgehead atoms. The number of anilines is 2. The lowest BCUT2D eigenvalue weighted by molar-refractivity contribution is 0.332. The topological polar surface area (TPSA) is 81.7 Å². The molecule has 29 heavy (non-hydrogen) atoms. The van der Waals surface area contributed by atoms with Gasteiger partial charge in [-0.1, -0.05) is 38.8 Å². The van der Waals surface area contributed by atoms with Gasteiger partial charge in [0.1, 0.15) is 12.7 Å². The molecule has 0 fully saturated rings. The summed E-state index contributed by atoms with van der Waals surface area (Å²) in [5, 5.41) is 15.5. The van der Waals surface area contributed by atoms with Crippen LogP contribution in [-0.2, 0) is 0 Å². The Bertz CT molecular complexity index is 991. The summed E-state index contributed by atoms with van der Waals surface area (Å²) in [4.78, 5) is 4.14. The Kier molecular flexibility index (Phi) is 5.65. The van der Waals surface area contributed by atoms with E-state index in [1.807, 2.05) is 28.9 Å². The van der Waals surface area contributed by atoms with E-state index in [0.29, 0.717) is 11.8 Å². The first-order chi connectivity index (χ1) is 14.3. The van der Waals surface area contributed by atoms with E-state index in [4.69, 9.17) is 4.42 Å². The van der Waals surface area contributed by atoms with Gasteiger partial charge in [0, 0.05) is 16.9 Å². The van der Waals surface area contributed by atoms with Gasteiger partial charge in [-0.25, -0.2) is 9.67 Å². The number of nitrogens with one attached hydrogen (secondary N) is 1. The molecule has 7 nitrogen and oxygen atoms in total. The van der Waals surface area contributed by atoms with E-state index in [2.05, 4.69) is 63.7 Å². The first-order valence-electron chi connectivity index (χ1n) is 9.86. The summed E-state index contributed by atoms with van der Waals surface area (Å²) in [5.41, 5.74) is 4.15. The van der Waals surface area contributed by atoms with Gasteiger partial charge >= 0.3 is 0 Å². The van der Waals surface area contributed by atoms with Gasteiger partial charge in [-0.3, -0.25) is 0 Å². The summed E-state index contributed by atoms with van der Waals surface area (Å²) in [6.07, 6.45) is 6.92. The maximum absolute atomic E-state index is 5.23. The highest BCUT2D eigenvalue weighted by atomic mass is 16.4. The summed E-state index contributed by atoms with van der Waals surface area (Å²) in [6.45, 7) is 4.46. The van der Waals surface area contributed by atoms with E-state index in [-0.39, 0.29) is 6.04 Å². The van der Waals surface area contributed by atoms with Crippen LogP contribution >= 0.6 is 0 Å². The van der Waals surface area contributed by atoms with Crippen molar-refractivity contribution in [2.24, 2.45) is 5.92 Å². The minimum absolute atomic E-state index is 0.190. The van der Waals surface area contributed by atoms with Crippen LogP contribution in [0.4, 0.5) is 11.4 Å². The number of rotatable bonds is 8. The smallest absolute Gasteiger partial charge is 0.247 e. The predicted molar refractivity (Wildman–Crippen MR) is 112 cm³/mol.